The molecule has 1 aromatic heterocycles. The van der Waals surface area contributed by atoms with Crippen LogP contribution in [-0.2, 0) is 0 Å². The van der Waals surface area contributed by atoms with Gasteiger partial charge in [-0.15, -0.1) is 0 Å². The van der Waals surface area contributed by atoms with Gasteiger partial charge in [0.1, 0.15) is 12.1 Å². The summed E-state index contributed by atoms with van der Waals surface area (Å²) in [6.07, 6.45) is 2.97. The first-order chi connectivity index (χ1) is 6.29. The zero-order valence-electron chi connectivity index (χ0n) is 6.50. The van der Waals surface area contributed by atoms with Crippen molar-refractivity contribution in [1.82, 2.24) is 4.98 Å². The van der Waals surface area contributed by atoms with E-state index in [2.05, 4.69) is 20.9 Å². The monoisotopic (exact) mass is 241 g/mol. The smallest absolute Gasteiger partial charge is 0.227 e. The topological polar surface area (TPSA) is 26.0 Å². The van der Waals surface area contributed by atoms with Gasteiger partial charge in [-0.1, -0.05) is 6.07 Å². The lowest BCUT2D eigenvalue weighted by Gasteiger charge is -1.99. The van der Waals surface area contributed by atoms with Crippen molar-refractivity contribution in [3.05, 3.63) is 40.9 Å². The van der Waals surface area contributed by atoms with Gasteiger partial charge >= 0.3 is 0 Å². The van der Waals surface area contributed by atoms with Crippen molar-refractivity contribution in [2.75, 3.05) is 0 Å². The summed E-state index contributed by atoms with van der Waals surface area (Å²) >= 11 is 3.13. The van der Waals surface area contributed by atoms with Gasteiger partial charge in [-0.25, -0.2) is 9.37 Å². The van der Waals surface area contributed by atoms with Crippen LogP contribution in [0.5, 0.6) is 0 Å². The van der Waals surface area contributed by atoms with Crippen molar-refractivity contribution < 1.29 is 8.81 Å². The molecule has 0 saturated carbocycles. The standard InChI is InChI=1S/C9H5BrFNO/c10-8-6(2-1-3-7(8)11)9-12-4-5-13-9/h1-5H. The molecule has 1 heterocycles. The number of benzene rings is 1. The molecule has 0 aliphatic rings. The number of oxazole rings is 1. The van der Waals surface area contributed by atoms with Crippen LogP contribution in [-0.4, -0.2) is 4.98 Å². The van der Waals surface area contributed by atoms with Gasteiger partial charge in [0.05, 0.1) is 16.2 Å². The van der Waals surface area contributed by atoms with Crippen LogP contribution in [0.25, 0.3) is 11.5 Å². The van der Waals surface area contributed by atoms with Crippen LogP contribution in [0, 0.1) is 5.82 Å². The molecule has 0 aliphatic heterocycles. The normalized spacial score (nSPS) is 10.3. The maximum Gasteiger partial charge on any atom is 0.227 e. The Balaban J connectivity index is 2.59. The highest BCUT2D eigenvalue weighted by Gasteiger charge is 2.09. The van der Waals surface area contributed by atoms with Gasteiger partial charge in [0.2, 0.25) is 5.89 Å². The number of hydrogen-bond donors (Lipinski definition) is 0. The highest BCUT2D eigenvalue weighted by molar-refractivity contribution is 9.10. The van der Waals surface area contributed by atoms with Crippen LogP contribution >= 0.6 is 15.9 Å². The molecule has 0 N–H and O–H groups in total. The maximum atomic E-state index is 13.1. The molecule has 0 saturated heterocycles. The first kappa shape index (κ1) is 8.44. The summed E-state index contributed by atoms with van der Waals surface area (Å²) in [5, 5.41) is 0. The molecule has 66 valence electrons. The van der Waals surface area contributed by atoms with Crippen molar-refractivity contribution in [2.24, 2.45) is 0 Å². The highest BCUT2D eigenvalue weighted by atomic mass is 79.9. The number of hydrogen-bond acceptors (Lipinski definition) is 2. The van der Waals surface area contributed by atoms with Gasteiger partial charge in [0.25, 0.3) is 0 Å². The van der Waals surface area contributed by atoms with Crippen molar-refractivity contribution in [3.8, 4) is 11.5 Å². The molecule has 0 radical (unpaired) electrons. The van der Waals surface area contributed by atoms with Crippen LogP contribution in [0.15, 0.2) is 39.5 Å². The lowest BCUT2D eigenvalue weighted by atomic mass is 10.2. The molecule has 0 bridgehead atoms. The van der Waals surface area contributed by atoms with Gasteiger partial charge in [-0.05, 0) is 28.1 Å². The molecule has 0 fully saturated rings. The lowest BCUT2D eigenvalue weighted by molar-refractivity contribution is 0.571. The van der Waals surface area contributed by atoms with Gasteiger partial charge < -0.3 is 4.42 Å². The van der Waals surface area contributed by atoms with Crippen molar-refractivity contribution in [3.63, 3.8) is 0 Å². The first-order valence-corrected chi connectivity index (χ1v) is 4.42. The van der Waals surface area contributed by atoms with Crippen LogP contribution in [0.1, 0.15) is 0 Å². The van der Waals surface area contributed by atoms with Crippen LogP contribution in [0.4, 0.5) is 4.39 Å². The molecule has 13 heavy (non-hydrogen) atoms. The van der Waals surface area contributed by atoms with Gasteiger partial charge in [-0.3, -0.25) is 0 Å². The number of aromatic nitrogens is 1. The summed E-state index contributed by atoms with van der Waals surface area (Å²) in [4.78, 5) is 3.93. The Hall–Kier alpha value is -1.16. The largest absolute Gasteiger partial charge is 0.444 e. The van der Waals surface area contributed by atoms with E-state index in [-0.39, 0.29) is 5.82 Å². The zero-order chi connectivity index (χ0) is 9.26. The van der Waals surface area contributed by atoms with Crippen LogP contribution in [0.3, 0.4) is 0 Å². The molecule has 0 amide bonds. The van der Waals surface area contributed by atoms with E-state index in [0.29, 0.717) is 15.9 Å². The van der Waals surface area contributed by atoms with Crippen molar-refractivity contribution in [1.29, 1.82) is 0 Å². The van der Waals surface area contributed by atoms with E-state index < -0.39 is 0 Å². The Labute approximate surface area is 82.5 Å². The van der Waals surface area contributed by atoms with E-state index in [1.807, 2.05) is 0 Å². The summed E-state index contributed by atoms with van der Waals surface area (Å²) in [7, 11) is 0. The molecule has 1 aromatic carbocycles. The number of halogens is 2. The molecular weight excluding hydrogens is 237 g/mol. The average molecular weight is 242 g/mol. The maximum absolute atomic E-state index is 13.1. The van der Waals surface area contributed by atoms with Gasteiger partial charge in [0, 0.05) is 0 Å². The number of rotatable bonds is 1. The predicted octanol–water partition coefficient (Wildman–Crippen LogP) is 3.24. The Morgan fingerprint density at radius 1 is 1.38 bits per heavy atom. The molecular formula is C9H5BrFNO. The van der Waals surface area contributed by atoms with E-state index in [4.69, 9.17) is 4.42 Å². The third kappa shape index (κ3) is 1.49. The second-order valence-corrected chi connectivity index (χ2v) is 3.23. The molecule has 4 heteroatoms. The van der Waals surface area contributed by atoms with E-state index in [1.165, 1.54) is 18.5 Å². The van der Waals surface area contributed by atoms with Crippen molar-refractivity contribution in [2.45, 2.75) is 0 Å². The molecule has 0 spiro atoms. The van der Waals surface area contributed by atoms with Crippen molar-refractivity contribution >= 4 is 15.9 Å². The lowest BCUT2D eigenvalue weighted by Crippen LogP contribution is -1.83. The summed E-state index contributed by atoms with van der Waals surface area (Å²) in [6, 6.07) is 4.72. The highest BCUT2D eigenvalue weighted by Crippen LogP contribution is 2.28. The SMILES string of the molecule is Fc1cccc(-c2ncco2)c1Br. The second-order valence-electron chi connectivity index (χ2n) is 2.44. The second kappa shape index (κ2) is 3.30. The van der Waals surface area contributed by atoms with Crippen LogP contribution < -0.4 is 0 Å². The van der Waals surface area contributed by atoms with Gasteiger partial charge in [0.15, 0.2) is 0 Å². The molecule has 0 atom stereocenters. The minimum atomic E-state index is -0.323. The predicted molar refractivity (Wildman–Crippen MR) is 49.6 cm³/mol. The molecule has 2 nitrogen and oxygen atoms in total. The van der Waals surface area contributed by atoms with E-state index in [0.717, 1.165) is 0 Å². The zero-order valence-corrected chi connectivity index (χ0v) is 8.08. The fourth-order valence-corrected chi connectivity index (χ4v) is 1.46. The molecule has 2 aromatic rings. The summed E-state index contributed by atoms with van der Waals surface area (Å²) < 4.78 is 18.5. The summed E-state index contributed by atoms with van der Waals surface area (Å²) in [5.41, 5.74) is 0.616. The van der Waals surface area contributed by atoms with E-state index >= 15 is 0 Å². The minimum absolute atomic E-state index is 0.323. The van der Waals surface area contributed by atoms with Gasteiger partial charge in [-0.2, -0.15) is 0 Å². The minimum Gasteiger partial charge on any atom is -0.444 e. The van der Waals surface area contributed by atoms with E-state index in [1.54, 1.807) is 12.1 Å². The molecule has 0 unspecified atom stereocenters. The first-order valence-electron chi connectivity index (χ1n) is 3.63. The van der Waals surface area contributed by atoms with E-state index in [9.17, 15) is 4.39 Å². The third-order valence-electron chi connectivity index (χ3n) is 1.61. The quantitative estimate of drug-likeness (QED) is 0.767. The summed E-state index contributed by atoms with van der Waals surface area (Å²) in [5.74, 6) is 0.0853. The molecule has 2 rings (SSSR count). The Kier molecular flexibility index (Phi) is 2.14. The average Bonchev–Trinajstić information content (AvgIpc) is 2.62. The molecule has 0 aliphatic carbocycles. The number of nitrogens with zero attached hydrogens (tertiary/aromatic N) is 1. The fraction of sp³-hybridized carbons (Fsp3) is 0. The Morgan fingerprint density at radius 2 is 2.23 bits per heavy atom. The Bertz CT molecular complexity index is 414. The third-order valence-corrected chi connectivity index (χ3v) is 2.42. The fourth-order valence-electron chi connectivity index (χ4n) is 1.03. The summed E-state index contributed by atoms with van der Waals surface area (Å²) in [6.45, 7) is 0. The van der Waals surface area contributed by atoms with Crippen LogP contribution in [0.2, 0.25) is 0 Å². The Morgan fingerprint density at radius 3 is 2.92 bits per heavy atom.